The Kier molecular flexibility index (Phi) is 4.27. The number of amides is 3. The highest BCUT2D eigenvalue weighted by atomic mass is 79.9. The van der Waals surface area contributed by atoms with E-state index < -0.39 is 0 Å². The molecular formula is C18H18Br2N2O3. The normalized spacial score (nSPS) is 36.0. The number of hydrogen-bond donors (Lipinski definition) is 1. The number of anilines is 1. The Morgan fingerprint density at radius 2 is 1.76 bits per heavy atom. The van der Waals surface area contributed by atoms with Crippen molar-refractivity contribution in [2.45, 2.75) is 23.0 Å². The molecule has 7 heteroatoms. The summed E-state index contributed by atoms with van der Waals surface area (Å²) in [7, 11) is 0. The minimum Gasteiger partial charge on any atom is -0.325 e. The van der Waals surface area contributed by atoms with Gasteiger partial charge in [0.1, 0.15) is 6.54 Å². The van der Waals surface area contributed by atoms with Crippen LogP contribution in [0.2, 0.25) is 0 Å². The number of carbonyl (C=O) groups excluding carboxylic acids is 3. The third-order valence-corrected chi connectivity index (χ3v) is 8.89. The van der Waals surface area contributed by atoms with Crippen molar-refractivity contribution in [2.24, 2.45) is 23.7 Å². The molecule has 6 atom stereocenters. The highest BCUT2D eigenvalue weighted by Gasteiger charge is 2.66. The molecule has 4 rings (SSSR count). The summed E-state index contributed by atoms with van der Waals surface area (Å²) in [6, 6.07) is 7.43. The SMILES string of the molecule is Cc1cccc(NC(=O)CN2C(=O)[C@@H]3[C@H]4C[C@@H]([C@H](Br)[C@H]4Br)[C@H]3C2=O)c1. The molecule has 1 saturated heterocycles. The van der Waals surface area contributed by atoms with Crippen LogP contribution < -0.4 is 5.32 Å². The smallest absolute Gasteiger partial charge is 0.244 e. The third kappa shape index (κ3) is 2.67. The van der Waals surface area contributed by atoms with Crippen molar-refractivity contribution >= 4 is 55.3 Å². The number of carbonyl (C=O) groups is 3. The minimum absolute atomic E-state index is 0.167. The van der Waals surface area contributed by atoms with Crippen LogP contribution in [0, 0.1) is 30.6 Å². The molecule has 3 amide bonds. The molecule has 1 aliphatic heterocycles. The van der Waals surface area contributed by atoms with Crippen molar-refractivity contribution in [3.05, 3.63) is 29.8 Å². The highest BCUT2D eigenvalue weighted by molar-refractivity contribution is 9.12. The third-order valence-electron chi connectivity index (χ3n) is 5.68. The lowest BCUT2D eigenvalue weighted by molar-refractivity contribution is -0.143. The average Bonchev–Trinajstić information content (AvgIpc) is 3.15. The fraction of sp³-hybridized carbons (Fsp3) is 0.500. The molecule has 25 heavy (non-hydrogen) atoms. The summed E-state index contributed by atoms with van der Waals surface area (Å²) in [5, 5.41) is 2.77. The largest absolute Gasteiger partial charge is 0.325 e. The molecule has 1 aromatic carbocycles. The molecule has 3 aliphatic rings. The van der Waals surface area contributed by atoms with Crippen LogP contribution >= 0.6 is 31.9 Å². The van der Waals surface area contributed by atoms with E-state index in [-0.39, 0.29) is 57.6 Å². The Hall–Kier alpha value is -1.21. The summed E-state index contributed by atoms with van der Waals surface area (Å²) in [6.45, 7) is 1.73. The van der Waals surface area contributed by atoms with E-state index in [1.165, 1.54) is 0 Å². The van der Waals surface area contributed by atoms with Crippen molar-refractivity contribution in [3.8, 4) is 0 Å². The van der Waals surface area contributed by atoms with Crippen LogP contribution in [0.4, 0.5) is 5.69 Å². The van der Waals surface area contributed by atoms with Crippen molar-refractivity contribution in [1.82, 2.24) is 4.90 Å². The first-order chi connectivity index (χ1) is 11.9. The number of benzene rings is 1. The molecule has 0 radical (unpaired) electrons. The molecule has 1 heterocycles. The molecule has 2 aliphatic carbocycles. The Bertz CT molecular complexity index is 736. The van der Waals surface area contributed by atoms with E-state index in [4.69, 9.17) is 0 Å². The first-order valence-corrected chi connectivity index (χ1v) is 10.2. The molecule has 1 aromatic rings. The van der Waals surface area contributed by atoms with Crippen LogP contribution in [0.25, 0.3) is 0 Å². The number of halogens is 2. The minimum atomic E-state index is -0.342. The summed E-state index contributed by atoms with van der Waals surface area (Å²) >= 11 is 7.32. The molecule has 2 saturated carbocycles. The van der Waals surface area contributed by atoms with Gasteiger partial charge < -0.3 is 5.32 Å². The predicted octanol–water partition coefficient (Wildman–Crippen LogP) is 2.71. The van der Waals surface area contributed by atoms with E-state index in [9.17, 15) is 14.4 Å². The van der Waals surface area contributed by atoms with Crippen LogP contribution in [-0.4, -0.2) is 38.8 Å². The molecule has 5 nitrogen and oxygen atoms in total. The van der Waals surface area contributed by atoms with Crippen LogP contribution in [0.5, 0.6) is 0 Å². The van der Waals surface area contributed by atoms with E-state index in [1.807, 2.05) is 25.1 Å². The number of nitrogens with zero attached hydrogens (tertiary/aromatic N) is 1. The Balaban J connectivity index is 1.48. The van der Waals surface area contributed by atoms with E-state index in [0.29, 0.717) is 5.69 Å². The maximum atomic E-state index is 12.8. The zero-order valence-electron chi connectivity index (χ0n) is 13.6. The van der Waals surface area contributed by atoms with Crippen LogP contribution in [0.15, 0.2) is 24.3 Å². The second kappa shape index (κ2) is 6.20. The van der Waals surface area contributed by atoms with Gasteiger partial charge in [0.15, 0.2) is 0 Å². The highest BCUT2D eigenvalue weighted by Crippen LogP contribution is 2.60. The fourth-order valence-electron chi connectivity index (χ4n) is 4.63. The number of likely N-dealkylation sites (tertiary alicyclic amines) is 1. The number of fused-ring (bicyclic) bond motifs is 5. The number of aryl methyl sites for hydroxylation is 1. The summed E-state index contributed by atoms with van der Waals surface area (Å²) in [5.74, 6) is -0.937. The molecule has 0 unspecified atom stereocenters. The van der Waals surface area contributed by atoms with Crippen molar-refractivity contribution in [3.63, 3.8) is 0 Å². The van der Waals surface area contributed by atoms with E-state index >= 15 is 0 Å². The molecular weight excluding hydrogens is 452 g/mol. The maximum absolute atomic E-state index is 12.8. The van der Waals surface area contributed by atoms with Crippen molar-refractivity contribution in [2.75, 3.05) is 11.9 Å². The second-order valence-corrected chi connectivity index (χ2v) is 9.30. The number of rotatable bonds is 3. The summed E-state index contributed by atoms with van der Waals surface area (Å²) in [4.78, 5) is 39.4. The molecule has 2 bridgehead atoms. The standard InChI is InChI=1S/C18H18Br2N2O3/c1-8-3-2-4-9(5-8)21-12(23)7-22-17(24)13-10-6-11(14(13)18(22)25)16(20)15(10)19/h2-5,10-11,13-16H,6-7H2,1H3,(H,21,23)/t10-,11-,13-,14-,15+,16+/m1/s1. The lowest BCUT2D eigenvalue weighted by Crippen LogP contribution is -2.39. The zero-order chi connectivity index (χ0) is 17.9. The van der Waals surface area contributed by atoms with Gasteiger partial charge in [-0.25, -0.2) is 0 Å². The molecule has 0 spiro atoms. The van der Waals surface area contributed by atoms with Gasteiger partial charge in [-0.1, -0.05) is 44.0 Å². The number of imide groups is 1. The number of nitrogens with one attached hydrogen (secondary N) is 1. The summed E-state index contributed by atoms with van der Waals surface area (Å²) in [5.41, 5.74) is 1.70. The lowest BCUT2D eigenvalue weighted by atomic mass is 9.81. The summed E-state index contributed by atoms with van der Waals surface area (Å²) < 4.78 is 0. The fourth-order valence-corrected chi connectivity index (χ4v) is 6.51. The van der Waals surface area contributed by atoms with Gasteiger partial charge in [-0.15, -0.1) is 0 Å². The monoisotopic (exact) mass is 468 g/mol. The molecule has 132 valence electrons. The summed E-state index contributed by atoms with van der Waals surface area (Å²) in [6.07, 6.45) is 0.891. The Labute approximate surface area is 162 Å². The van der Waals surface area contributed by atoms with Crippen molar-refractivity contribution in [1.29, 1.82) is 0 Å². The van der Waals surface area contributed by atoms with Gasteiger partial charge in [0, 0.05) is 15.3 Å². The van der Waals surface area contributed by atoms with E-state index in [1.54, 1.807) is 6.07 Å². The average molecular weight is 470 g/mol. The van der Waals surface area contributed by atoms with Crippen molar-refractivity contribution < 1.29 is 14.4 Å². The van der Waals surface area contributed by atoms with Crippen LogP contribution in [-0.2, 0) is 14.4 Å². The van der Waals surface area contributed by atoms with Gasteiger partial charge in [0.25, 0.3) is 0 Å². The van der Waals surface area contributed by atoms with Gasteiger partial charge >= 0.3 is 0 Å². The van der Waals surface area contributed by atoms with Gasteiger partial charge in [-0.2, -0.15) is 0 Å². The Morgan fingerprint density at radius 1 is 1.16 bits per heavy atom. The Morgan fingerprint density at radius 3 is 2.32 bits per heavy atom. The maximum Gasteiger partial charge on any atom is 0.244 e. The topological polar surface area (TPSA) is 66.5 Å². The van der Waals surface area contributed by atoms with Crippen LogP contribution in [0.3, 0.4) is 0 Å². The van der Waals surface area contributed by atoms with E-state index in [0.717, 1.165) is 16.9 Å². The lowest BCUT2D eigenvalue weighted by Gasteiger charge is -2.28. The van der Waals surface area contributed by atoms with Gasteiger partial charge in [0.05, 0.1) is 11.8 Å². The van der Waals surface area contributed by atoms with E-state index in [2.05, 4.69) is 37.2 Å². The molecule has 1 N–H and O–H groups in total. The van der Waals surface area contributed by atoms with Gasteiger partial charge in [-0.3, -0.25) is 19.3 Å². The molecule has 3 fully saturated rings. The first kappa shape index (κ1) is 17.2. The first-order valence-electron chi connectivity index (χ1n) is 8.38. The number of alkyl halides is 2. The predicted molar refractivity (Wildman–Crippen MR) is 101 cm³/mol. The quantitative estimate of drug-likeness (QED) is 0.546. The molecule has 0 aromatic heterocycles. The van der Waals surface area contributed by atoms with Gasteiger partial charge in [0.2, 0.25) is 17.7 Å². The van der Waals surface area contributed by atoms with Gasteiger partial charge in [-0.05, 0) is 42.9 Å². The van der Waals surface area contributed by atoms with Crippen LogP contribution in [0.1, 0.15) is 12.0 Å². The second-order valence-electron chi connectivity index (χ2n) is 7.18. The zero-order valence-corrected chi connectivity index (χ0v) is 16.8. The number of hydrogen-bond acceptors (Lipinski definition) is 3.